The van der Waals surface area contributed by atoms with Gasteiger partial charge in [-0.05, 0) is 36.7 Å². The third kappa shape index (κ3) is 2.59. The van der Waals surface area contributed by atoms with Crippen LogP contribution in [0.3, 0.4) is 0 Å². The molecule has 1 spiro atoms. The number of hydroxylamine groups is 1. The van der Waals surface area contributed by atoms with Crippen molar-refractivity contribution < 1.29 is 4.84 Å². The average Bonchev–Trinajstić information content (AvgIpc) is 2.83. The zero-order chi connectivity index (χ0) is 14.2. The molecule has 2 aliphatic rings. The van der Waals surface area contributed by atoms with E-state index in [9.17, 15) is 0 Å². The Kier molecular flexibility index (Phi) is 3.33. The van der Waals surface area contributed by atoms with Gasteiger partial charge >= 0.3 is 0 Å². The number of nitrogens with zero attached hydrogens (tertiary/aromatic N) is 1. The largest absolute Gasteiger partial charge is 0.246 e. The van der Waals surface area contributed by atoms with Crippen molar-refractivity contribution in [1.82, 2.24) is 5.48 Å². The number of hydrogen-bond donors (Lipinski definition) is 1. The van der Waals surface area contributed by atoms with Crippen LogP contribution in [0.25, 0.3) is 0 Å². The van der Waals surface area contributed by atoms with Gasteiger partial charge < -0.3 is 0 Å². The molecule has 108 valence electrons. The van der Waals surface area contributed by atoms with E-state index in [2.05, 4.69) is 50.5 Å². The fourth-order valence-corrected chi connectivity index (χ4v) is 2.96. The molecule has 0 bridgehead atoms. The third-order valence-electron chi connectivity index (χ3n) is 4.31. The van der Waals surface area contributed by atoms with Crippen LogP contribution in [0.5, 0.6) is 0 Å². The minimum atomic E-state index is -0.295. The molecule has 0 aromatic heterocycles. The van der Waals surface area contributed by atoms with Crippen LogP contribution in [0.4, 0.5) is 0 Å². The summed E-state index contributed by atoms with van der Waals surface area (Å²) in [6, 6.07) is 8.64. The normalized spacial score (nSPS) is 21.6. The van der Waals surface area contributed by atoms with Gasteiger partial charge in [0.1, 0.15) is 0 Å². The highest BCUT2D eigenvalue weighted by atomic mass is 16.7. The Morgan fingerprint density at radius 2 is 1.70 bits per heavy atom. The summed E-state index contributed by atoms with van der Waals surface area (Å²) in [6.45, 7) is 6.69. The minimum absolute atomic E-state index is 0.185. The summed E-state index contributed by atoms with van der Waals surface area (Å²) in [5, 5.41) is 0. The quantitative estimate of drug-likeness (QED) is 0.840. The smallest absolute Gasteiger partial charge is 0.187 e. The van der Waals surface area contributed by atoms with Crippen LogP contribution in [-0.4, -0.2) is 11.6 Å². The molecular weight excluding hydrogens is 248 g/mol. The summed E-state index contributed by atoms with van der Waals surface area (Å²) in [5.74, 6) is 0.882. The van der Waals surface area contributed by atoms with Crippen molar-refractivity contribution in [3.05, 3.63) is 35.4 Å². The number of rotatable bonds is 1. The van der Waals surface area contributed by atoms with Gasteiger partial charge in [-0.1, -0.05) is 51.5 Å². The van der Waals surface area contributed by atoms with E-state index in [0.29, 0.717) is 0 Å². The van der Waals surface area contributed by atoms with E-state index in [-0.39, 0.29) is 11.1 Å². The Morgan fingerprint density at radius 1 is 1.05 bits per heavy atom. The Morgan fingerprint density at radius 3 is 2.30 bits per heavy atom. The lowest BCUT2D eigenvalue weighted by Crippen LogP contribution is -2.32. The number of benzene rings is 1. The van der Waals surface area contributed by atoms with E-state index in [1.165, 1.54) is 24.8 Å². The maximum Gasteiger partial charge on any atom is 0.187 e. The molecular formula is C17H24N2O. The molecule has 0 atom stereocenters. The zero-order valence-corrected chi connectivity index (χ0v) is 12.7. The molecule has 1 N–H and O–H groups in total. The minimum Gasteiger partial charge on any atom is -0.246 e. The molecule has 1 aromatic rings. The Hall–Kier alpha value is -1.35. The number of nitrogens with one attached hydrogen (secondary N) is 1. The Balaban J connectivity index is 1.81. The van der Waals surface area contributed by atoms with E-state index in [1.807, 2.05) is 0 Å². The van der Waals surface area contributed by atoms with Gasteiger partial charge in [0, 0.05) is 5.56 Å². The van der Waals surface area contributed by atoms with Crippen LogP contribution < -0.4 is 5.48 Å². The number of amidine groups is 1. The summed E-state index contributed by atoms with van der Waals surface area (Å²) in [6.07, 6.45) is 5.78. The first kappa shape index (κ1) is 13.6. The lowest BCUT2D eigenvalue weighted by atomic mass is 9.86. The second kappa shape index (κ2) is 4.88. The molecule has 3 rings (SSSR count). The molecule has 1 fully saturated rings. The zero-order valence-electron chi connectivity index (χ0n) is 12.7. The van der Waals surface area contributed by atoms with Crippen LogP contribution in [-0.2, 0) is 10.3 Å². The number of aliphatic imine (C=N–C) groups is 1. The molecule has 3 nitrogen and oxygen atoms in total. The molecule has 1 saturated carbocycles. The van der Waals surface area contributed by atoms with Gasteiger partial charge in [0.05, 0.1) is 0 Å². The fraction of sp³-hybridized carbons (Fsp3) is 0.588. The molecule has 0 amide bonds. The van der Waals surface area contributed by atoms with E-state index < -0.39 is 0 Å². The summed E-state index contributed by atoms with van der Waals surface area (Å²) in [7, 11) is 0. The molecule has 20 heavy (non-hydrogen) atoms. The predicted molar refractivity (Wildman–Crippen MR) is 81.7 cm³/mol. The monoisotopic (exact) mass is 272 g/mol. The fourth-order valence-electron chi connectivity index (χ4n) is 2.96. The maximum absolute atomic E-state index is 5.79. The SMILES string of the molecule is CC(C)(C)c1ccc(C2=NC3(CCCCC3)ON2)cc1. The van der Waals surface area contributed by atoms with Crippen LogP contribution >= 0.6 is 0 Å². The van der Waals surface area contributed by atoms with Gasteiger partial charge in [0.25, 0.3) is 0 Å². The lowest BCUT2D eigenvalue weighted by molar-refractivity contribution is -0.0763. The van der Waals surface area contributed by atoms with Crippen LogP contribution in [0.1, 0.15) is 64.0 Å². The average molecular weight is 272 g/mol. The van der Waals surface area contributed by atoms with Crippen molar-refractivity contribution in [2.45, 2.75) is 64.0 Å². The van der Waals surface area contributed by atoms with Gasteiger partial charge in [0.2, 0.25) is 0 Å². The van der Waals surface area contributed by atoms with Crippen molar-refractivity contribution in [3.63, 3.8) is 0 Å². The highest BCUT2D eigenvalue weighted by molar-refractivity contribution is 5.99. The molecule has 1 aliphatic heterocycles. The molecule has 0 saturated heterocycles. The van der Waals surface area contributed by atoms with Gasteiger partial charge in [-0.3, -0.25) is 0 Å². The molecule has 1 heterocycles. The Labute approximate surface area is 121 Å². The first-order valence-corrected chi connectivity index (χ1v) is 7.63. The second-order valence-electron chi connectivity index (χ2n) is 7.00. The van der Waals surface area contributed by atoms with E-state index in [1.54, 1.807) is 0 Å². The van der Waals surface area contributed by atoms with Crippen molar-refractivity contribution >= 4 is 5.84 Å². The predicted octanol–water partition coefficient (Wildman–Crippen LogP) is 3.93. The molecule has 3 heteroatoms. The van der Waals surface area contributed by atoms with Gasteiger partial charge in [-0.25, -0.2) is 15.3 Å². The van der Waals surface area contributed by atoms with Crippen molar-refractivity contribution in [3.8, 4) is 0 Å². The van der Waals surface area contributed by atoms with Gasteiger partial charge in [0.15, 0.2) is 11.6 Å². The molecule has 1 aromatic carbocycles. The first-order chi connectivity index (χ1) is 9.49. The van der Waals surface area contributed by atoms with Crippen LogP contribution in [0.15, 0.2) is 29.3 Å². The second-order valence-corrected chi connectivity index (χ2v) is 7.00. The van der Waals surface area contributed by atoms with Gasteiger partial charge in [-0.15, -0.1) is 0 Å². The molecule has 0 radical (unpaired) electrons. The van der Waals surface area contributed by atoms with E-state index in [4.69, 9.17) is 9.83 Å². The van der Waals surface area contributed by atoms with Crippen LogP contribution in [0.2, 0.25) is 0 Å². The maximum atomic E-state index is 5.79. The van der Waals surface area contributed by atoms with Crippen LogP contribution in [0, 0.1) is 0 Å². The summed E-state index contributed by atoms with van der Waals surface area (Å²) in [5.41, 5.74) is 5.38. The van der Waals surface area contributed by atoms with Crippen molar-refractivity contribution in [2.24, 2.45) is 4.99 Å². The summed E-state index contributed by atoms with van der Waals surface area (Å²) >= 11 is 0. The summed E-state index contributed by atoms with van der Waals surface area (Å²) < 4.78 is 0. The molecule has 1 aliphatic carbocycles. The van der Waals surface area contributed by atoms with Crippen molar-refractivity contribution in [2.75, 3.05) is 0 Å². The van der Waals surface area contributed by atoms with Crippen molar-refractivity contribution in [1.29, 1.82) is 0 Å². The highest BCUT2D eigenvalue weighted by Crippen LogP contribution is 2.35. The lowest BCUT2D eigenvalue weighted by Gasteiger charge is -2.27. The number of hydrogen-bond acceptors (Lipinski definition) is 3. The topological polar surface area (TPSA) is 33.6 Å². The first-order valence-electron chi connectivity index (χ1n) is 7.63. The van der Waals surface area contributed by atoms with Gasteiger partial charge in [-0.2, -0.15) is 0 Å². The van der Waals surface area contributed by atoms with E-state index in [0.717, 1.165) is 24.2 Å². The summed E-state index contributed by atoms with van der Waals surface area (Å²) in [4.78, 5) is 10.6. The third-order valence-corrected chi connectivity index (χ3v) is 4.31. The highest BCUT2D eigenvalue weighted by Gasteiger charge is 2.38. The standard InChI is InChI=1S/C17H24N2O/c1-16(2,3)14-9-7-13(8-10-14)15-18-17(20-19-15)11-5-4-6-12-17/h7-10H,4-6,11-12H2,1-3H3,(H,18,19). The Bertz CT molecular complexity index is 505. The van der Waals surface area contributed by atoms with E-state index >= 15 is 0 Å². The molecule has 0 unspecified atom stereocenters.